The number of fused-ring (bicyclic) bond motifs is 1. The van der Waals surface area contributed by atoms with Gasteiger partial charge in [-0.15, -0.1) is 11.3 Å². The molecule has 7 heteroatoms. The molecule has 0 spiro atoms. The summed E-state index contributed by atoms with van der Waals surface area (Å²) in [5, 5.41) is 16.9. The van der Waals surface area contributed by atoms with Crippen molar-refractivity contribution in [2.75, 3.05) is 16.4 Å². The lowest BCUT2D eigenvalue weighted by Crippen LogP contribution is -2.13. The van der Waals surface area contributed by atoms with Gasteiger partial charge in [0, 0.05) is 16.9 Å². The Kier molecular flexibility index (Phi) is 5.88. The maximum absolute atomic E-state index is 13.6. The van der Waals surface area contributed by atoms with Crippen LogP contribution in [-0.2, 0) is 0 Å². The summed E-state index contributed by atoms with van der Waals surface area (Å²) in [5.41, 5.74) is 11.5. The summed E-state index contributed by atoms with van der Waals surface area (Å²) in [7, 11) is 0. The molecule has 0 aliphatic heterocycles. The highest BCUT2D eigenvalue weighted by Crippen LogP contribution is 2.44. The molecule has 0 saturated carbocycles. The summed E-state index contributed by atoms with van der Waals surface area (Å²) in [5.74, 6) is -0.222. The van der Waals surface area contributed by atoms with Gasteiger partial charge in [0.1, 0.15) is 28.0 Å². The summed E-state index contributed by atoms with van der Waals surface area (Å²) in [6.07, 6.45) is 0. The second kappa shape index (κ2) is 9.29. The lowest BCUT2D eigenvalue weighted by Gasteiger charge is -2.10. The third kappa shape index (κ3) is 4.31. The lowest BCUT2D eigenvalue weighted by molar-refractivity contribution is 0.102. The first-order valence-electron chi connectivity index (χ1n) is 11.0. The second-order valence-corrected chi connectivity index (χ2v) is 9.04. The van der Waals surface area contributed by atoms with Crippen LogP contribution in [0.2, 0.25) is 0 Å². The van der Waals surface area contributed by atoms with Crippen molar-refractivity contribution in [3.8, 4) is 17.2 Å². The van der Waals surface area contributed by atoms with Crippen LogP contribution in [0.3, 0.4) is 0 Å². The molecule has 0 saturated heterocycles. The fourth-order valence-corrected chi connectivity index (χ4v) is 5.12. The Labute approximate surface area is 206 Å². The van der Waals surface area contributed by atoms with E-state index in [2.05, 4.69) is 21.7 Å². The van der Waals surface area contributed by atoms with Gasteiger partial charge in [-0.2, -0.15) is 5.26 Å². The van der Waals surface area contributed by atoms with Gasteiger partial charge in [0.15, 0.2) is 0 Å². The first-order valence-corrected chi connectivity index (χ1v) is 11.8. The molecule has 0 unspecified atom stereocenters. The minimum Gasteiger partial charge on any atom is -0.383 e. The Balaban J connectivity index is 1.75. The smallest absolute Gasteiger partial charge is 0.260 e. The van der Waals surface area contributed by atoms with Crippen molar-refractivity contribution >= 4 is 49.7 Å². The van der Waals surface area contributed by atoms with E-state index in [1.54, 1.807) is 0 Å². The summed E-state index contributed by atoms with van der Waals surface area (Å²) in [6, 6.07) is 28.9. The zero-order valence-corrected chi connectivity index (χ0v) is 19.7. The molecule has 3 aromatic carbocycles. The number of carbonyl (C=O) groups excluding carboxylic acids is 1. The van der Waals surface area contributed by atoms with Crippen molar-refractivity contribution in [2.24, 2.45) is 0 Å². The maximum atomic E-state index is 13.6. The van der Waals surface area contributed by atoms with E-state index >= 15 is 0 Å². The number of anilines is 4. The van der Waals surface area contributed by atoms with E-state index in [-0.39, 0.29) is 11.7 Å². The summed E-state index contributed by atoms with van der Waals surface area (Å²) in [4.78, 5) is 18.1. The van der Waals surface area contributed by atoms with Crippen molar-refractivity contribution < 1.29 is 4.79 Å². The molecule has 0 aliphatic rings. The molecule has 0 aliphatic carbocycles. The number of nitriles is 1. The molecule has 6 nitrogen and oxygen atoms in total. The molecule has 5 rings (SSSR count). The zero-order chi connectivity index (χ0) is 24.4. The van der Waals surface area contributed by atoms with Crippen LogP contribution in [0.15, 0.2) is 84.9 Å². The van der Waals surface area contributed by atoms with Gasteiger partial charge in [-0.3, -0.25) is 4.79 Å². The number of carbonyl (C=O) groups is 1. The van der Waals surface area contributed by atoms with E-state index in [4.69, 9.17) is 5.73 Å². The largest absolute Gasteiger partial charge is 0.383 e. The average molecular weight is 476 g/mol. The van der Waals surface area contributed by atoms with Crippen LogP contribution < -0.4 is 16.4 Å². The molecule has 0 fully saturated rings. The molecule has 5 aromatic rings. The highest BCUT2D eigenvalue weighted by molar-refractivity contribution is 7.24. The second-order valence-electron chi connectivity index (χ2n) is 8.02. The van der Waals surface area contributed by atoms with Crippen LogP contribution in [0.1, 0.15) is 21.5 Å². The molecule has 0 radical (unpaired) electrons. The molecular formula is C28H21N5OS. The highest BCUT2D eigenvalue weighted by Gasteiger charge is 2.26. The number of para-hydroxylation sites is 1. The molecule has 35 heavy (non-hydrogen) atoms. The van der Waals surface area contributed by atoms with Crippen LogP contribution in [0.25, 0.3) is 21.3 Å². The van der Waals surface area contributed by atoms with Crippen molar-refractivity contribution in [3.63, 3.8) is 0 Å². The fraction of sp³-hybridized carbons (Fsp3) is 0.0357. The number of nitrogen functional groups attached to an aromatic ring is 1. The molecule has 0 bridgehead atoms. The van der Waals surface area contributed by atoms with Gasteiger partial charge in [-0.25, -0.2) is 4.98 Å². The highest BCUT2D eigenvalue weighted by atomic mass is 32.1. The summed E-state index contributed by atoms with van der Waals surface area (Å²) in [6.45, 7) is 2.02. The Morgan fingerprint density at radius 3 is 2.26 bits per heavy atom. The molecule has 0 atom stereocenters. The van der Waals surface area contributed by atoms with E-state index in [9.17, 15) is 10.1 Å². The Morgan fingerprint density at radius 1 is 0.943 bits per heavy atom. The number of nitrogens with zero attached hydrogens (tertiary/aromatic N) is 2. The fourth-order valence-electron chi connectivity index (χ4n) is 3.89. The number of aryl methyl sites for hydroxylation is 1. The van der Waals surface area contributed by atoms with Gasteiger partial charge in [-0.1, -0.05) is 66.2 Å². The molecule has 2 heterocycles. The average Bonchev–Trinajstić information content (AvgIpc) is 3.22. The predicted molar refractivity (Wildman–Crippen MR) is 143 cm³/mol. The number of pyridine rings is 1. The number of hydrogen-bond donors (Lipinski definition) is 3. The first-order chi connectivity index (χ1) is 17.0. The Morgan fingerprint density at radius 2 is 1.60 bits per heavy atom. The van der Waals surface area contributed by atoms with E-state index in [1.807, 2.05) is 91.9 Å². The van der Waals surface area contributed by atoms with Gasteiger partial charge in [0.05, 0.1) is 10.2 Å². The molecule has 170 valence electrons. The van der Waals surface area contributed by atoms with Gasteiger partial charge in [-0.05, 0) is 36.8 Å². The van der Waals surface area contributed by atoms with Gasteiger partial charge >= 0.3 is 0 Å². The van der Waals surface area contributed by atoms with E-state index in [0.717, 1.165) is 21.5 Å². The minimum absolute atomic E-state index is 0.0901. The van der Waals surface area contributed by atoms with Crippen LogP contribution in [0.5, 0.6) is 0 Å². The van der Waals surface area contributed by atoms with Crippen molar-refractivity contribution in [3.05, 3.63) is 102 Å². The van der Waals surface area contributed by atoms with Gasteiger partial charge in [0.25, 0.3) is 5.91 Å². The predicted octanol–water partition coefficient (Wildman–Crippen LogP) is 6.72. The number of rotatable bonds is 5. The van der Waals surface area contributed by atoms with Crippen LogP contribution in [0, 0.1) is 18.3 Å². The van der Waals surface area contributed by atoms with Crippen LogP contribution >= 0.6 is 11.3 Å². The quantitative estimate of drug-likeness (QED) is 0.262. The molecule has 4 N–H and O–H groups in total. The number of amides is 1. The van der Waals surface area contributed by atoms with Gasteiger partial charge in [0.2, 0.25) is 0 Å². The summed E-state index contributed by atoms with van der Waals surface area (Å²) < 4.78 is 0.717. The van der Waals surface area contributed by atoms with Crippen LogP contribution in [0.4, 0.5) is 22.2 Å². The zero-order valence-electron chi connectivity index (χ0n) is 18.9. The van der Waals surface area contributed by atoms with E-state index in [1.165, 1.54) is 11.3 Å². The van der Waals surface area contributed by atoms with Crippen molar-refractivity contribution in [1.82, 2.24) is 4.98 Å². The Bertz CT molecular complexity index is 1570. The number of nitrogens with one attached hydrogen (secondary N) is 2. The standard InChI is InChI=1S/C28H21N5OS/c1-17-12-14-20(15-13-17)32-28-23(27(34)31-19-10-6-3-7-11-19)24-25(35-28)22(18-8-4-2-5-9-18)21(16-29)26(30)33-24/h2-15,32H,1H3,(H2,30,33)(H,31,34). The third-order valence-electron chi connectivity index (χ3n) is 5.59. The number of thiophene rings is 1. The summed E-state index contributed by atoms with van der Waals surface area (Å²) >= 11 is 1.38. The molecule has 2 aromatic heterocycles. The normalized spacial score (nSPS) is 10.6. The van der Waals surface area contributed by atoms with E-state index < -0.39 is 0 Å². The number of benzene rings is 3. The van der Waals surface area contributed by atoms with E-state index in [0.29, 0.717) is 32.9 Å². The number of hydrogen-bond acceptors (Lipinski definition) is 6. The monoisotopic (exact) mass is 475 g/mol. The Hall–Kier alpha value is -4.67. The molecular weight excluding hydrogens is 454 g/mol. The van der Waals surface area contributed by atoms with Crippen molar-refractivity contribution in [2.45, 2.75) is 6.92 Å². The van der Waals surface area contributed by atoms with Gasteiger partial charge < -0.3 is 16.4 Å². The third-order valence-corrected chi connectivity index (χ3v) is 6.70. The molecule has 1 amide bonds. The topological polar surface area (TPSA) is 104 Å². The van der Waals surface area contributed by atoms with Crippen molar-refractivity contribution in [1.29, 1.82) is 5.26 Å². The minimum atomic E-state index is -0.312. The SMILES string of the molecule is Cc1ccc(Nc2sc3c(-c4ccccc4)c(C#N)c(N)nc3c2C(=O)Nc2ccccc2)cc1. The number of aromatic nitrogens is 1. The van der Waals surface area contributed by atoms with Crippen LogP contribution in [-0.4, -0.2) is 10.9 Å². The number of nitrogens with two attached hydrogens (primary N) is 1. The first kappa shape index (κ1) is 22.1. The maximum Gasteiger partial charge on any atom is 0.260 e. The lowest BCUT2D eigenvalue weighted by atomic mass is 10.00.